The average Bonchev–Trinajstić information content (AvgIpc) is 2.56. The smallest absolute Gasteiger partial charge is 0.238 e. The van der Waals surface area contributed by atoms with E-state index in [1.54, 1.807) is 36.4 Å². The average molecular weight is 383 g/mol. The topological polar surface area (TPSA) is 98.5 Å². The predicted octanol–water partition coefficient (Wildman–Crippen LogP) is 2.96. The van der Waals surface area contributed by atoms with Gasteiger partial charge in [-0.25, -0.2) is 13.6 Å². The SMILES string of the molecule is CCc1ccc(NC(=O)CCOc2ccccc2Cl)cc1S(N)(=O)=O. The summed E-state index contributed by atoms with van der Waals surface area (Å²) in [7, 11) is -3.85. The number of carbonyl (C=O) groups is 1. The molecule has 0 saturated heterocycles. The van der Waals surface area contributed by atoms with Gasteiger partial charge in [-0.15, -0.1) is 0 Å². The molecule has 0 atom stereocenters. The van der Waals surface area contributed by atoms with Crippen LogP contribution in [0.5, 0.6) is 5.75 Å². The number of rotatable bonds is 7. The summed E-state index contributed by atoms with van der Waals surface area (Å²) >= 11 is 5.96. The lowest BCUT2D eigenvalue weighted by atomic mass is 10.1. The molecule has 8 heteroatoms. The lowest BCUT2D eigenvalue weighted by Gasteiger charge is -2.11. The predicted molar refractivity (Wildman–Crippen MR) is 97.4 cm³/mol. The summed E-state index contributed by atoms with van der Waals surface area (Å²) in [6.45, 7) is 1.97. The maximum absolute atomic E-state index is 12.0. The molecule has 0 bridgehead atoms. The molecule has 0 spiro atoms. The highest BCUT2D eigenvalue weighted by molar-refractivity contribution is 7.89. The number of nitrogens with two attached hydrogens (primary N) is 1. The molecule has 0 radical (unpaired) electrons. The molecule has 2 aromatic carbocycles. The van der Waals surface area contributed by atoms with E-state index < -0.39 is 10.0 Å². The monoisotopic (exact) mass is 382 g/mol. The Bertz CT molecular complexity index is 869. The summed E-state index contributed by atoms with van der Waals surface area (Å²) in [5, 5.41) is 8.32. The molecular formula is C17H19ClN2O4S. The number of para-hydroxylation sites is 1. The van der Waals surface area contributed by atoms with E-state index in [9.17, 15) is 13.2 Å². The molecule has 25 heavy (non-hydrogen) atoms. The van der Waals surface area contributed by atoms with Crippen molar-refractivity contribution >= 4 is 33.2 Å². The highest BCUT2D eigenvalue weighted by Crippen LogP contribution is 2.23. The van der Waals surface area contributed by atoms with Gasteiger partial charge in [-0.1, -0.05) is 36.7 Å². The Balaban J connectivity index is 1.98. The van der Waals surface area contributed by atoms with Crippen molar-refractivity contribution in [1.29, 1.82) is 0 Å². The third-order valence-corrected chi connectivity index (χ3v) is 4.77. The van der Waals surface area contributed by atoms with Gasteiger partial charge in [0.1, 0.15) is 5.75 Å². The number of benzene rings is 2. The first-order valence-corrected chi connectivity index (χ1v) is 9.56. The number of hydrogen-bond donors (Lipinski definition) is 2. The first kappa shape index (κ1) is 19.2. The molecule has 0 unspecified atom stereocenters. The van der Waals surface area contributed by atoms with Gasteiger partial charge in [0.2, 0.25) is 15.9 Å². The van der Waals surface area contributed by atoms with Crippen molar-refractivity contribution in [2.24, 2.45) is 5.14 Å². The molecular weight excluding hydrogens is 364 g/mol. The molecule has 1 amide bonds. The van der Waals surface area contributed by atoms with Crippen LogP contribution in [0.25, 0.3) is 0 Å². The third-order valence-electron chi connectivity index (χ3n) is 3.46. The molecule has 134 valence electrons. The van der Waals surface area contributed by atoms with Crippen molar-refractivity contribution in [1.82, 2.24) is 0 Å². The number of anilines is 1. The summed E-state index contributed by atoms with van der Waals surface area (Å²) in [5.41, 5.74) is 0.964. The van der Waals surface area contributed by atoms with Crippen LogP contribution in [-0.4, -0.2) is 20.9 Å². The van der Waals surface area contributed by atoms with Crippen LogP contribution in [0.1, 0.15) is 18.9 Å². The van der Waals surface area contributed by atoms with Crippen LogP contribution < -0.4 is 15.2 Å². The summed E-state index contributed by atoms with van der Waals surface area (Å²) < 4.78 is 28.7. The molecule has 0 aliphatic heterocycles. The van der Waals surface area contributed by atoms with Crippen molar-refractivity contribution in [3.63, 3.8) is 0 Å². The van der Waals surface area contributed by atoms with Gasteiger partial charge in [0, 0.05) is 5.69 Å². The van der Waals surface area contributed by atoms with E-state index in [0.29, 0.717) is 28.4 Å². The standard InChI is InChI=1S/C17H19ClN2O4S/c1-2-12-7-8-13(11-16(12)25(19,22)23)20-17(21)9-10-24-15-6-4-3-5-14(15)18/h3-8,11H,2,9-10H2,1H3,(H,20,21)(H2,19,22,23). The van der Waals surface area contributed by atoms with E-state index in [-0.39, 0.29) is 23.8 Å². The summed E-state index contributed by atoms with van der Waals surface area (Å²) in [5.74, 6) is 0.192. The Morgan fingerprint density at radius 2 is 1.96 bits per heavy atom. The highest BCUT2D eigenvalue weighted by Gasteiger charge is 2.14. The van der Waals surface area contributed by atoms with Crippen LogP contribution in [-0.2, 0) is 21.2 Å². The lowest BCUT2D eigenvalue weighted by Crippen LogP contribution is -2.17. The molecule has 0 fully saturated rings. The van der Waals surface area contributed by atoms with Crippen LogP contribution in [0.4, 0.5) is 5.69 Å². The Kier molecular flexibility index (Phi) is 6.41. The number of sulfonamides is 1. The zero-order valence-corrected chi connectivity index (χ0v) is 15.2. The fourth-order valence-corrected chi connectivity index (χ4v) is 3.29. The van der Waals surface area contributed by atoms with Crippen molar-refractivity contribution in [3.8, 4) is 5.75 Å². The Labute approximate surface area is 152 Å². The fourth-order valence-electron chi connectivity index (χ4n) is 2.23. The minimum Gasteiger partial charge on any atom is -0.491 e. The molecule has 0 saturated carbocycles. The second kappa shape index (κ2) is 8.33. The van der Waals surface area contributed by atoms with Crippen molar-refractivity contribution in [3.05, 3.63) is 53.1 Å². The summed E-state index contributed by atoms with van der Waals surface area (Å²) in [4.78, 5) is 12.0. The van der Waals surface area contributed by atoms with Gasteiger partial charge in [-0.3, -0.25) is 4.79 Å². The Morgan fingerprint density at radius 3 is 2.60 bits per heavy atom. The van der Waals surface area contributed by atoms with Gasteiger partial charge >= 0.3 is 0 Å². The van der Waals surface area contributed by atoms with Gasteiger partial charge in [0.15, 0.2) is 0 Å². The molecule has 2 rings (SSSR count). The highest BCUT2D eigenvalue weighted by atomic mass is 35.5. The lowest BCUT2D eigenvalue weighted by molar-refractivity contribution is -0.116. The van der Waals surface area contributed by atoms with Gasteiger partial charge in [0.25, 0.3) is 0 Å². The number of nitrogens with one attached hydrogen (secondary N) is 1. The van der Waals surface area contributed by atoms with Crippen molar-refractivity contribution in [2.45, 2.75) is 24.7 Å². The molecule has 6 nitrogen and oxygen atoms in total. The number of halogens is 1. The van der Waals surface area contributed by atoms with Crippen LogP contribution in [0, 0.1) is 0 Å². The Hall–Kier alpha value is -2.09. The van der Waals surface area contributed by atoms with E-state index in [0.717, 1.165) is 0 Å². The number of carbonyl (C=O) groups excluding carboxylic acids is 1. The van der Waals surface area contributed by atoms with E-state index in [2.05, 4.69) is 5.32 Å². The van der Waals surface area contributed by atoms with Crippen LogP contribution in [0.2, 0.25) is 5.02 Å². The number of hydrogen-bond acceptors (Lipinski definition) is 4. The number of amides is 1. The first-order chi connectivity index (χ1) is 11.8. The number of primary sulfonamides is 1. The van der Waals surface area contributed by atoms with Crippen LogP contribution in [0.15, 0.2) is 47.4 Å². The van der Waals surface area contributed by atoms with Gasteiger partial charge < -0.3 is 10.1 Å². The molecule has 0 heterocycles. The number of aryl methyl sites for hydroxylation is 1. The van der Waals surface area contributed by atoms with Gasteiger partial charge in [-0.2, -0.15) is 0 Å². The molecule has 0 aliphatic carbocycles. The maximum Gasteiger partial charge on any atom is 0.238 e. The second-order valence-corrected chi connectivity index (χ2v) is 7.24. The minimum absolute atomic E-state index is 0.0140. The first-order valence-electron chi connectivity index (χ1n) is 7.64. The molecule has 0 aromatic heterocycles. The second-order valence-electron chi connectivity index (χ2n) is 5.30. The van der Waals surface area contributed by atoms with E-state index >= 15 is 0 Å². The van der Waals surface area contributed by atoms with Crippen LogP contribution >= 0.6 is 11.6 Å². The van der Waals surface area contributed by atoms with Crippen molar-refractivity contribution < 1.29 is 17.9 Å². The molecule has 0 aliphatic rings. The van der Waals surface area contributed by atoms with E-state index in [4.69, 9.17) is 21.5 Å². The molecule has 2 aromatic rings. The zero-order valence-electron chi connectivity index (χ0n) is 13.7. The minimum atomic E-state index is -3.85. The Morgan fingerprint density at radius 1 is 1.24 bits per heavy atom. The molecule has 3 N–H and O–H groups in total. The number of ether oxygens (including phenoxy) is 1. The summed E-state index contributed by atoms with van der Waals surface area (Å²) in [6.07, 6.45) is 0.608. The maximum atomic E-state index is 12.0. The van der Waals surface area contributed by atoms with Crippen LogP contribution in [0.3, 0.4) is 0 Å². The fraction of sp³-hybridized carbons (Fsp3) is 0.235. The normalized spacial score (nSPS) is 11.2. The quantitative estimate of drug-likeness (QED) is 0.769. The summed E-state index contributed by atoms with van der Waals surface area (Å²) in [6, 6.07) is 11.6. The van der Waals surface area contributed by atoms with E-state index in [1.807, 2.05) is 6.92 Å². The van der Waals surface area contributed by atoms with Gasteiger partial charge in [0.05, 0.1) is 22.9 Å². The largest absolute Gasteiger partial charge is 0.491 e. The van der Waals surface area contributed by atoms with Crippen molar-refractivity contribution in [2.75, 3.05) is 11.9 Å². The zero-order chi connectivity index (χ0) is 18.4. The third kappa shape index (κ3) is 5.45. The van der Waals surface area contributed by atoms with E-state index in [1.165, 1.54) is 6.07 Å². The van der Waals surface area contributed by atoms with Gasteiger partial charge in [-0.05, 0) is 36.2 Å².